The van der Waals surface area contributed by atoms with Gasteiger partial charge in [0.15, 0.2) is 11.5 Å². The van der Waals surface area contributed by atoms with Crippen LogP contribution in [-0.4, -0.2) is 19.1 Å². The third-order valence-corrected chi connectivity index (χ3v) is 3.55. The first-order chi connectivity index (χ1) is 11.4. The zero-order valence-electron chi connectivity index (χ0n) is 14.9. The van der Waals surface area contributed by atoms with Crippen LogP contribution in [0.4, 0.5) is 5.69 Å². The van der Waals surface area contributed by atoms with E-state index in [2.05, 4.69) is 5.32 Å². The van der Waals surface area contributed by atoms with E-state index in [-0.39, 0.29) is 30.5 Å². The van der Waals surface area contributed by atoms with Crippen LogP contribution in [0, 0.1) is 0 Å². The fourth-order valence-corrected chi connectivity index (χ4v) is 2.35. The minimum atomic E-state index is -0.180. The van der Waals surface area contributed by atoms with E-state index in [0.29, 0.717) is 22.7 Å². The summed E-state index contributed by atoms with van der Waals surface area (Å²) < 4.78 is 11.1. The number of hydrogen-bond acceptors (Lipinski definition) is 4. The summed E-state index contributed by atoms with van der Waals surface area (Å²) in [5.74, 6) is 1.16. The molecule has 0 spiro atoms. The van der Waals surface area contributed by atoms with E-state index in [4.69, 9.17) is 15.2 Å². The summed E-state index contributed by atoms with van der Waals surface area (Å²) in [7, 11) is 1.60. The molecule has 3 N–H and O–H groups in total. The second-order valence-electron chi connectivity index (χ2n) is 5.90. The number of halogens is 1. The lowest BCUT2D eigenvalue weighted by Crippen LogP contribution is -2.26. The van der Waals surface area contributed by atoms with Gasteiger partial charge in [-0.2, -0.15) is 0 Å². The van der Waals surface area contributed by atoms with Crippen molar-refractivity contribution in [3.05, 3.63) is 53.6 Å². The van der Waals surface area contributed by atoms with Crippen molar-refractivity contribution in [3.8, 4) is 11.5 Å². The van der Waals surface area contributed by atoms with Crippen LogP contribution in [-0.2, 0) is 0 Å². The summed E-state index contributed by atoms with van der Waals surface area (Å²) in [6.07, 6.45) is 0.0606. The number of benzene rings is 2. The molecule has 5 nitrogen and oxygen atoms in total. The van der Waals surface area contributed by atoms with Gasteiger partial charge in [-0.1, -0.05) is 12.1 Å². The molecule has 6 heteroatoms. The van der Waals surface area contributed by atoms with Crippen molar-refractivity contribution in [2.24, 2.45) is 0 Å². The van der Waals surface area contributed by atoms with Gasteiger partial charge in [0.1, 0.15) is 0 Å². The molecule has 0 saturated heterocycles. The number of nitrogens with one attached hydrogen (secondary N) is 1. The van der Waals surface area contributed by atoms with Gasteiger partial charge in [0.25, 0.3) is 5.91 Å². The summed E-state index contributed by atoms with van der Waals surface area (Å²) >= 11 is 0. The normalized spacial score (nSPS) is 11.4. The first-order valence-corrected chi connectivity index (χ1v) is 7.91. The Bertz CT molecular complexity index is 720. The predicted molar refractivity (Wildman–Crippen MR) is 103 cm³/mol. The number of ether oxygens (including phenoxy) is 2. The van der Waals surface area contributed by atoms with Gasteiger partial charge < -0.3 is 20.5 Å². The summed E-state index contributed by atoms with van der Waals surface area (Å²) in [4.78, 5) is 12.3. The Balaban J connectivity index is 0.00000312. The summed E-state index contributed by atoms with van der Waals surface area (Å²) in [6.45, 7) is 5.84. The average molecular weight is 365 g/mol. The molecule has 1 atom stereocenters. The average Bonchev–Trinajstić information content (AvgIpc) is 2.54. The molecule has 136 valence electrons. The lowest BCUT2D eigenvalue weighted by atomic mass is 10.1. The van der Waals surface area contributed by atoms with Crippen molar-refractivity contribution in [2.45, 2.75) is 32.9 Å². The monoisotopic (exact) mass is 364 g/mol. The Morgan fingerprint density at radius 1 is 1.08 bits per heavy atom. The van der Waals surface area contributed by atoms with E-state index < -0.39 is 0 Å². The largest absolute Gasteiger partial charge is 0.493 e. The molecular weight excluding hydrogens is 340 g/mol. The highest BCUT2D eigenvalue weighted by Gasteiger charge is 2.14. The quantitative estimate of drug-likeness (QED) is 0.760. The van der Waals surface area contributed by atoms with E-state index in [1.54, 1.807) is 31.4 Å². The molecular formula is C19H25ClN2O3. The first-order valence-electron chi connectivity index (χ1n) is 7.91. The SMILES string of the molecule is COc1cc(C(C)NC(=O)c2cccc(N)c2)ccc1OC(C)C.Cl. The third-order valence-electron chi connectivity index (χ3n) is 3.55. The zero-order valence-corrected chi connectivity index (χ0v) is 15.7. The second kappa shape index (κ2) is 9.18. The van der Waals surface area contributed by atoms with E-state index in [1.165, 1.54) is 0 Å². The summed E-state index contributed by atoms with van der Waals surface area (Å²) in [5, 5.41) is 2.96. The van der Waals surface area contributed by atoms with Crippen molar-refractivity contribution in [2.75, 3.05) is 12.8 Å². The molecule has 0 heterocycles. The molecule has 1 unspecified atom stereocenters. The second-order valence-corrected chi connectivity index (χ2v) is 5.90. The van der Waals surface area contributed by atoms with Gasteiger partial charge in [-0.25, -0.2) is 0 Å². The minimum absolute atomic E-state index is 0. The van der Waals surface area contributed by atoms with Crippen LogP contribution in [0.25, 0.3) is 0 Å². The number of carbonyl (C=O) groups is 1. The van der Waals surface area contributed by atoms with Crippen molar-refractivity contribution in [1.82, 2.24) is 5.32 Å². The number of anilines is 1. The molecule has 0 saturated carbocycles. The lowest BCUT2D eigenvalue weighted by Gasteiger charge is -2.18. The van der Waals surface area contributed by atoms with Gasteiger partial charge in [-0.15, -0.1) is 12.4 Å². The zero-order chi connectivity index (χ0) is 17.7. The topological polar surface area (TPSA) is 73.6 Å². The van der Waals surface area contributed by atoms with Crippen LogP contribution in [0.3, 0.4) is 0 Å². The fourth-order valence-electron chi connectivity index (χ4n) is 2.35. The minimum Gasteiger partial charge on any atom is -0.493 e. The Morgan fingerprint density at radius 2 is 1.80 bits per heavy atom. The Morgan fingerprint density at radius 3 is 2.40 bits per heavy atom. The van der Waals surface area contributed by atoms with Crippen molar-refractivity contribution < 1.29 is 14.3 Å². The molecule has 0 aliphatic heterocycles. The summed E-state index contributed by atoms with van der Waals surface area (Å²) in [6, 6.07) is 12.4. The Kier molecular flexibility index (Phi) is 7.58. The van der Waals surface area contributed by atoms with Crippen molar-refractivity contribution in [3.63, 3.8) is 0 Å². The van der Waals surface area contributed by atoms with Gasteiger partial charge in [0.05, 0.1) is 19.3 Å². The van der Waals surface area contributed by atoms with E-state index in [1.807, 2.05) is 39.0 Å². The van der Waals surface area contributed by atoms with Gasteiger partial charge >= 0.3 is 0 Å². The van der Waals surface area contributed by atoms with Gasteiger partial charge in [-0.05, 0) is 56.7 Å². The number of carbonyl (C=O) groups excluding carboxylic acids is 1. The van der Waals surface area contributed by atoms with Crippen molar-refractivity contribution in [1.29, 1.82) is 0 Å². The number of nitrogens with two attached hydrogens (primary N) is 1. The molecule has 2 aromatic carbocycles. The van der Waals surface area contributed by atoms with Gasteiger partial charge in [0, 0.05) is 11.3 Å². The molecule has 0 aliphatic rings. The standard InChI is InChI=1S/C19H24N2O3.ClH/c1-12(2)24-17-9-8-14(11-18(17)23-4)13(3)21-19(22)15-6-5-7-16(20)10-15;/h5-13H,20H2,1-4H3,(H,21,22);1H. The molecule has 0 aromatic heterocycles. The molecule has 1 amide bonds. The van der Waals surface area contributed by atoms with E-state index in [0.717, 1.165) is 5.56 Å². The van der Waals surface area contributed by atoms with Crippen LogP contribution in [0.5, 0.6) is 11.5 Å². The van der Waals surface area contributed by atoms with E-state index >= 15 is 0 Å². The Hall–Kier alpha value is -2.40. The molecule has 0 aliphatic carbocycles. The number of amides is 1. The van der Waals surface area contributed by atoms with Crippen molar-refractivity contribution >= 4 is 24.0 Å². The molecule has 0 radical (unpaired) electrons. The predicted octanol–water partition coefficient (Wildman–Crippen LogP) is 3.98. The molecule has 2 aromatic rings. The van der Waals surface area contributed by atoms with E-state index in [9.17, 15) is 4.79 Å². The summed E-state index contributed by atoms with van der Waals surface area (Å²) in [5.41, 5.74) is 7.75. The van der Waals surface area contributed by atoms with Crippen LogP contribution in [0.2, 0.25) is 0 Å². The molecule has 0 fully saturated rings. The van der Waals surface area contributed by atoms with Crippen LogP contribution >= 0.6 is 12.4 Å². The first kappa shape index (κ1) is 20.6. The number of rotatable bonds is 6. The molecule has 0 bridgehead atoms. The van der Waals surface area contributed by atoms with Crippen LogP contribution in [0.1, 0.15) is 42.7 Å². The molecule has 2 rings (SSSR count). The van der Waals surface area contributed by atoms with Crippen LogP contribution < -0.4 is 20.5 Å². The highest BCUT2D eigenvalue weighted by atomic mass is 35.5. The maximum Gasteiger partial charge on any atom is 0.251 e. The van der Waals surface area contributed by atoms with Gasteiger partial charge in [-0.3, -0.25) is 4.79 Å². The number of nitrogen functional groups attached to an aromatic ring is 1. The smallest absolute Gasteiger partial charge is 0.251 e. The third kappa shape index (κ3) is 5.57. The van der Waals surface area contributed by atoms with Crippen LogP contribution in [0.15, 0.2) is 42.5 Å². The maximum atomic E-state index is 12.3. The highest BCUT2D eigenvalue weighted by molar-refractivity contribution is 5.95. The Labute approximate surface area is 154 Å². The molecule has 25 heavy (non-hydrogen) atoms. The maximum absolute atomic E-state index is 12.3. The number of hydrogen-bond donors (Lipinski definition) is 2. The van der Waals surface area contributed by atoms with Gasteiger partial charge in [0.2, 0.25) is 0 Å². The fraction of sp³-hybridized carbons (Fsp3) is 0.316. The lowest BCUT2D eigenvalue weighted by molar-refractivity contribution is 0.0940. The number of methoxy groups -OCH3 is 1. The highest BCUT2D eigenvalue weighted by Crippen LogP contribution is 2.31.